The molecule has 1 aliphatic heterocycles. The predicted octanol–water partition coefficient (Wildman–Crippen LogP) is 3.46. The molecule has 3 amide bonds. The first-order valence-corrected chi connectivity index (χ1v) is 13.8. The first kappa shape index (κ1) is 30.0. The van der Waals surface area contributed by atoms with Crippen molar-refractivity contribution in [3.05, 3.63) is 52.2 Å². The van der Waals surface area contributed by atoms with Crippen molar-refractivity contribution in [2.45, 2.75) is 34.1 Å². The first-order chi connectivity index (χ1) is 17.9. The first-order valence-electron chi connectivity index (χ1n) is 10.9. The summed E-state index contributed by atoms with van der Waals surface area (Å²) in [7, 11) is 0. The number of aliphatic carboxylic acids is 1. The monoisotopic (exact) mass is 621 g/mol. The highest BCUT2D eigenvalue weighted by molar-refractivity contribution is 8.01. The van der Waals surface area contributed by atoms with Crippen molar-refractivity contribution in [3.63, 3.8) is 0 Å². The maximum absolute atomic E-state index is 13.1. The Morgan fingerprint density at radius 1 is 1.26 bits per heavy atom. The second-order valence-corrected chi connectivity index (χ2v) is 12.9. The average molecular weight is 623 g/mol. The number of hydrogen-bond donors (Lipinski definition) is 3. The Bertz CT molecular complexity index is 1240. The number of rotatable bonds is 10. The highest BCUT2D eigenvalue weighted by Crippen LogP contribution is 2.28. The van der Waals surface area contributed by atoms with Gasteiger partial charge in [-0.2, -0.15) is 0 Å². The van der Waals surface area contributed by atoms with Crippen LogP contribution in [0.3, 0.4) is 0 Å². The molecule has 1 aromatic heterocycles. The maximum atomic E-state index is 13.1. The lowest BCUT2D eigenvalue weighted by Gasteiger charge is -2.39. The van der Waals surface area contributed by atoms with Crippen LogP contribution in [0.1, 0.15) is 23.5 Å². The topological polar surface area (TPSA) is 151 Å². The fourth-order valence-corrected chi connectivity index (χ4v) is 5.28. The minimum atomic E-state index is -1.84. The molecular formula is C22H22Cl3N5O6S2. The van der Waals surface area contributed by atoms with Gasteiger partial charge < -0.3 is 25.4 Å². The second-order valence-electron chi connectivity index (χ2n) is 8.00. The number of ether oxygens (including phenoxy) is 1. The largest absolute Gasteiger partial charge is 0.477 e. The van der Waals surface area contributed by atoms with E-state index in [9.17, 15) is 24.3 Å². The van der Waals surface area contributed by atoms with Gasteiger partial charge in [-0.05, 0) is 25.0 Å². The van der Waals surface area contributed by atoms with Crippen molar-refractivity contribution in [2.24, 2.45) is 0 Å². The number of likely N-dealkylation sites (tertiary alicyclic amines) is 1. The molecule has 1 aliphatic rings. The van der Waals surface area contributed by atoms with Crippen LogP contribution in [-0.4, -0.2) is 72.8 Å². The van der Waals surface area contributed by atoms with E-state index in [1.54, 1.807) is 37.3 Å². The number of carbonyl (C=O) groups excluding carboxylic acids is 3. The average Bonchev–Trinajstić information content (AvgIpc) is 3.28. The Morgan fingerprint density at radius 3 is 2.50 bits per heavy atom. The van der Waals surface area contributed by atoms with Crippen molar-refractivity contribution in [1.29, 1.82) is 0 Å². The summed E-state index contributed by atoms with van der Waals surface area (Å²) in [6, 6.07) is 6.01. The van der Waals surface area contributed by atoms with E-state index in [1.165, 1.54) is 23.1 Å². The quantitative estimate of drug-likeness (QED) is 0.157. The molecule has 2 atom stereocenters. The highest BCUT2D eigenvalue weighted by atomic mass is 35.6. The molecular weight excluding hydrogens is 601 g/mol. The zero-order chi connectivity index (χ0) is 28.0. The number of benzene rings is 1. The molecule has 0 saturated carbocycles. The standard InChI is InChI=1S/C22H22Cl3N5O6S2/c1-11(9-37-21-29-28-12(2)38-21)16(19(33)34)30-8-14(18(30)32)26-17(31)15(13-6-4-3-5-7-13)27-20(35)36-10-22(23,24)25/h3-7,14-15H,8-10H2,1-2H3,(H,26,31)(H,27,35)(H,33,34)/t14?,15-/m0/s1. The molecule has 0 radical (unpaired) electrons. The molecule has 2 aromatic rings. The molecule has 11 nitrogen and oxygen atoms in total. The van der Waals surface area contributed by atoms with Crippen LogP contribution in [0.15, 0.2) is 45.9 Å². The van der Waals surface area contributed by atoms with E-state index in [0.717, 1.165) is 9.91 Å². The third kappa shape index (κ3) is 8.21. The van der Waals surface area contributed by atoms with Crippen molar-refractivity contribution >= 4 is 81.8 Å². The van der Waals surface area contributed by atoms with E-state index >= 15 is 0 Å². The molecule has 3 N–H and O–H groups in total. The third-order valence-corrected chi connectivity index (χ3v) is 7.54. The second kappa shape index (κ2) is 13.0. The van der Waals surface area contributed by atoms with Crippen LogP contribution in [0.5, 0.6) is 0 Å². The van der Waals surface area contributed by atoms with Gasteiger partial charge >= 0.3 is 12.1 Å². The number of aryl methyl sites for hydroxylation is 1. The minimum absolute atomic E-state index is 0.0641. The summed E-state index contributed by atoms with van der Waals surface area (Å²) in [5, 5.41) is 23.4. The van der Waals surface area contributed by atoms with Gasteiger partial charge in [-0.1, -0.05) is 88.2 Å². The number of nitrogens with zero attached hydrogens (tertiary/aromatic N) is 3. The van der Waals surface area contributed by atoms with Crippen LogP contribution >= 0.6 is 57.9 Å². The number of alkyl halides is 3. The van der Waals surface area contributed by atoms with Crippen molar-refractivity contribution in [2.75, 3.05) is 18.9 Å². The van der Waals surface area contributed by atoms with Gasteiger partial charge in [0, 0.05) is 5.75 Å². The molecule has 1 unspecified atom stereocenters. The van der Waals surface area contributed by atoms with Crippen LogP contribution in [0, 0.1) is 6.92 Å². The third-order valence-electron chi connectivity index (χ3n) is 5.07. The van der Waals surface area contributed by atoms with Gasteiger partial charge in [0.25, 0.3) is 5.91 Å². The number of thioether (sulfide) groups is 1. The number of amides is 3. The van der Waals surface area contributed by atoms with Gasteiger partial charge in [0.2, 0.25) is 9.70 Å². The molecule has 204 valence electrons. The molecule has 2 heterocycles. The lowest BCUT2D eigenvalue weighted by molar-refractivity contribution is -0.149. The molecule has 1 saturated heterocycles. The molecule has 1 fully saturated rings. The number of halogens is 3. The summed E-state index contributed by atoms with van der Waals surface area (Å²) >= 11 is 19.5. The van der Waals surface area contributed by atoms with Crippen LogP contribution < -0.4 is 10.6 Å². The number of alkyl carbamates (subject to hydrolysis) is 1. The summed E-state index contributed by atoms with van der Waals surface area (Å²) in [4.78, 5) is 51.2. The number of hydrogen-bond acceptors (Lipinski definition) is 9. The van der Waals surface area contributed by atoms with Crippen molar-refractivity contribution < 1.29 is 29.0 Å². The van der Waals surface area contributed by atoms with Crippen LogP contribution in [0.2, 0.25) is 0 Å². The molecule has 1 aromatic carbocycles. The Hall–Kier alpha value is -2.58. The normalized spacial score (nSPS) is 16.7. The fourth-order valence-electron chi connectivity index (χ4n) is 3.35. The van der Waals surface area contributed by atoms with Gasteiger partial charge in [0.15, 0.2) is 4.34 Å². The van der Waals surface area contributed by atoms with E-state index in [4.69, 9.17) is 39.5 Å². The number of carboxylic acid groups (broad SMARTS) is 1. The molecule has 38 heavy (non-hydrogen) atoms. The van der Waals surface area contributed by atoms with Gasteiger partial charge in [0.05, 0.1) is 6.54 Å². The van der Waals surface area contributed by atoms with E-state index in [0.29, 0.717) is 15.5 Å². The molecule has 0 spiro atoms. The Morgan fingerprint density at radius 2 is 1.95 bits per heavy atom. The molecule has 3 rings (SSSR count). The summed E-state index contributed by atoms with van der Waals surface area (Å²) in [6.07, 6.45) is -1.02. The number of nitrogens with one attached hydrogen (secondary N) is 2. The Balaban J connectivity index is 1.66. The minimum Gasteiger partial charge on any atom is -0.477 e. The summed E-state index contributed by atoms with van der Waals surface area (Å²) in [5.41, 5.74) is 0.696. The Kier molecular flexibility index (Phi) is 10.2. The van der Waals surface area contributed by atoms with Crippen molar-refractivity contribution in [1.82, 2.24) is 25.7 Å². The lowest BCUT2D eigenvalue weighted by Crippen LogP contribution is -2.65. The lowest BCUT2D eigenvalue weighted by atomic mass is 10.0. The van der Waals surface area contributed by atoms with Gasteiger partial charge in [-0.3, -0.25) is 9.59 Å². The SMILES string of the molecule is CC(CSc1nnc(C)s1)=C(C(=O)O)N1CC(NC(=O)[C@@H](NC(=O)OCC(Cl)(Cl)Cl)c2ccccc2)C1=O. The van der Waals surface area contributed by atoms with E-state index in [1.807, 2.05) is 6.92 Å². The van der Waals surface area contributed by atoms with Crippen LogP contribution in [0.4, 0.5) is 4.79 Å². The van der Waals surface area contributed by atoms with E-state index in [-0.39, 0.29) is 18.0 Å². The van der Waals surface area contributed by atoms with Gasteiger partial charge in [-0.25, -0.2) is 9.59 Å². The van der Waals surface area contributed by atoms with Gasteiger partial charge in [-0.15, -0.1) is 10.2 Å². The van der Waals surface area contributed by atoms with Gasteiger partial charge in [0.1, 0.15) is 29.4 Å². The number of aromatic nitrogens is 2. The summed E-state index contributed by atoms with van der Waals surface area (Å²) < 4.78 is 3.69. The highest BCUT2D eigenvalue weighted by Gasteiger charge is 2.43. The zero-order valence-corrected chi connectivity index (χ0v) is 23.8. The zero-order valence-electron chi connectivity index (χ0n) is 19.9. The summed E-state index contributed by atoms with van der Waals surface area (Å²) in [6.45, 7) is 2.81. The molecule has 0 bridgehead atoms. The number of carboxylic acids is 1. The predicted molar refractivity (Wildman–Crippen MR) is 143 cm³/mol. The molecule has 0 aliphatic carbocycles. The van der Waals surface area contributed by atoms with Crippen LogP contribution in [0.25, 0.3) is 0 Å². The van der Waals surface area contributed by atoms with E-state index < -0.39 is 46.4 Å². The fraction of sp³-hybridized carbons (Fsp3) is 0.364. The van der Waals surface area contributed by atoms with Crippen molar-refractivity contribution in [3.8, 4) is 0 Å². The smallest absolute Gasteiger partial charge is 0.408 e. The molecule has 16 heteroatoms. The van der Waals surface area contributed by atoms with Crippen LogP contribution in [-0.2, 0) is 19.1 Å². The summed E-state index contributed by atoms with van der Waals surface area (Å²) in [5.74, 6) is -2.29. The Labute approximate surface area is 240 Å². The number of carbonyl (C=O) groups is 4. The maximum Gasteiger partial charge on any atom is 0.408 e. The number of β-lactam (4-membered cyclic amide) rings is 1. The van der Waals surface area contributed by atoms with E-state index in [2.05, 4.69) is 20.8 Å².